The van der Waals surface area contributed by atoms with Gasteiger partial charge in [0.15, 0.2) is 11.0 Å². The lowest BCUT2D eigenvalue weighted by molar-refractivity contribution is -0.130. The van der Waals surface area contributed by atoms with Crippen LogP contribution in [0.3, 0.4) is 0 Å². The molecular weight excluding hydrogens is 420 g/mol. The first kappa shape index (κ1) is 22.4. The lowest BCUT2D eigenvalue weighted by Crippen LogP contribution is -2.39. The van der Waals surface area contributed by atoms with Gasteiger partial charge in [0, 0.05) is 17.8 Å². The normalized spacial score (nSPS) is 13.4. The van der Waals surface area contributed by atoms with E-state index in [0.717, 1.165) is 35.4 Å². The van der Waals surface area contributed by atoms with E-state index in [1.54, 1.807) is 0 Å². The molecular formula is C25H30N4O2S. The molecule has 1 amide bonds. The van der Waals surface area contributed by atoms with Gasteiger partial charge < -0.3 is 9.64 Å². The molecule has 6 nitrogen and oxygen atoms in total. The number of amides is 1. The van der Waals surface area contributed by atoms with Crippen LogP contribution in [0.1, 0.15) is 43.6 Å². The molecule has 0 atom stereocenters. The largest absolute Gasteiger partial charge is 0.485 e. The van der Waals surface area contributed by atoms with Gasteiger partial charge in [-0.25, -0.2) is 0 Å². The Morgan fingerprint density at radius 2 is 1.78 bits per heavy atom. The maximum Gasteiger partial charge on any atom is 0.233 e. The van der Waals surface area contributed by atoms with Gasteiger partial charge in [0.1, 0.15) is 12.4 Å². The highest BCUT2D eigenvalue weighted by molar-refractivity contribution is 7.99. The van der Waals surface area contributed by atoms with Gasteiger partial charge in [-0.05, 0) is 63.8 Å². The van der Waals surface area contributed by atoms with Crippen molar-refractivity contribution in [3.63, 3.8) is 0 Å². The van der Waals surface area contributed by atoms with E-state index in [1.165, 1.54) is 11.8 Å². The summed E-state index contributed by atoms with van der Waals surface area (Å²) in [6.07, 6.45) is 2.21. The second-order valence-corrected chi connectivity index (χ2v) is 9.44. The molecule has 0 saturated heterocycles. The number of benzene rings is 2. The van der Waals surface area contributed by atoms with Gasteiger partial charge in [0.05, 0.1) is 5.75 Å². The van der Waals surface area contributed by atoms with Crippen LogP contribution in [0.15, 0.2) is 53.7 Å². The molecule has 3 aromatic rings. The molecule has 1 aliphatic carbocycles. The van der Waals surface area contributed by atoms with Crippen molar-refractivity contribution in [2.45, 2.75) is 64.4 Å². The van der Waals surface area contributed by atoms with E-state index in [9.17, 15) is 4.79 Å². The standard InChI is InChI=1S/C25H30N4O2S/c1-17(2)28(21-13-14-21)23(30)16-32-25-27-26-22(29(25)20-11-6-5-7-12-20)15-31-24-18(3)9-8-10-19(24)4/h5-12,17,21H,13-16H2,1-4H3. The number of nitrogens with zero attached hydrogens (tertiary/aromatic N) is 4. The number of hydrogen-bond donors (Lipinski definition) is 0. The molecule has 1 saturated carbocycles. The molecule has 0 aliphatic heterocycles. The Balaban J connectivity index is 1.55. The third-order valence-electron chi connectivity index (χ3n) is 5.58. The highest BCUT2D eigenvalue weighted by Crippen LogP contribution is 2.31. The monoisotopic (exact) mass is 450 g/mol. The Morgan fingerprint density at radius 3 is 2.41 bits per heavy atom. The minimum atomic E-state index is 0.156. The minimum Gasteiger partial charge on any atom is -0.485 e. The molecule has 0 bridgehead atoms. The summed E-state index contributed by atoms with van der Waals surface area (Å²) in [6, 6.07) is 16.7. The summed E-state index contributed by atoms with van der Waals surface area (Å²) in [6.45, 7) is 8.53. The molecule has 32 heavy (non-hydrogen) atoms. The average molecular weight is 451 g/mol. The van der Waals surface area contributed by atoms with E-state index in [4.69, 9.17) is 4.74 Å². The van der Waals surface area contributed by atoms with Crippen molar-refractivity contribution >= 4 is 17.7 Å². The smallest absolute Gasteiger partial charge is 0.233 e. The van der Waals surface area contributed by atoms with E-state index in [1.807, 2.05) is 71.8 Å². The van der Waals surface area contributed by atoms with Crippen LogP contribution in [0, 0.1) is 13.8 Å². The van der Waals surface area contributed by atoms with Gasteiger partial charge in [-0.15, -0.1) is 10.2 Å². The number of thioether (sulfide) groups is 1. The fourth-order valence-corrected chi connectivity index (χ4v) is 4.79. The van der Waals surface area contributed by atoms with Crippen LogP contribution >= 0.6 is 11.8 Å². The summed E-state index contributed by atoms with van der Waals surface area (Å²) < 4.78 is 8.14. The number of aromatic nitrogens is 3. The second-order valence-electron chi connectivity index (χ2n) is 8.49. The van der Waals surface area contributed by atoms with Crippen LogP contribution in [0.5, 0.6) is 5.75 Å². The molecule has 0 radical (unpaired) electrons. The number of rotatable bonds is 9. The molecule has 0 unspecified atom stereocenters. The fraction of sp³-hybridized carbons (Fsp3) is 0.400. The Kier molecular flexibility index (Phi) is 6.84. The van der Waals surface area contributed by atoms with E-state index in [0.29, 0.717) is 29.4 Å². The summed E-state index contributed by atoms with van der Waals surface area (Å²) in [4.78, 5) is 14.9. The molecule has 0 N–H and O–H groups in total. The first-order valence-electron chi connectivity index (χ1n) is 11.1. The van der Waals surface area contributed by atoms with Crippen molar-refractivity contribution in [3.05, 3.63) is 65.5 Å². The van der Waals surface area contributed by atoms with E-state index in [2.05, 4.69) is 24.0 Å². The predicted molar refractivity (Wildman–Crippen MR) is 127 cm³/mol. The summed E-state index contributed by atoms with van der Waals surface area (Å²) >= 11 is 1.43. The number of para-hydroxylation sites is 2. The van der Waals surface area contributed by atoms with Gasteiger partial charge in [-0.1, -0.05) is 48.2 Å². The highest BCUT2D eigenvalue weighted by Gasteiger charge is 2.34. The van der Waals surface area contributed by atoms with E-state index in [-0.39, 0.29) is 11.9 Å². The zero-order chi connectivity index (χ0) is 22.7. The topological polar surface area (TPSA) is 60.3 Å². The highest BCUT2D eigenvalue weighted by atomic mass is 32.2. The summed E-state index contributed by atoms with van der Waals surface area (Å²) in [7, 11) is 0. The Hall–Kier alpha value is -2.80. The van der Waals surface area contributed by atoms with Crippen molar-refractivity contribution in [3.8, 4) is 11.4 Å². The number of carbonyl (C=O) groups excluding carboxylic acids is 1. The molecule has 1 aliphatic rings. The van der Waals surface area contributed by atoms with Crippen molar-refractivity contribution in [1.29, 1.82) is 0 Å². The summed E-state index contributed by atoms with van der Waals surface area (Å²) in [5, 5.41) is 9.52. The van der Waals surface area contributed by atoms with Crippen LogP contribution in [0.4, 0.5) is 0 Å². The minimum absolute atomic E-state index is 0.156. The number of hydrogen-bond acceptors (Lipinski definition) is 5. The Labute approximate surface area is 194 Å². The van der Waals surface area contributed by atoms with Crippen molar-refractivity contribution < 1.29 is 9.53 Å². The van der Waals surface area contributed by atoms with Crippen LogP contribution in [0.25, 0.3) is 5.69 Å². The van der Waals surface area contributed by atoms with Crippen LogP contribution < -0.4 is 4.74 Å². The third-order valence-corrected chi connectivity index (χ3v) is 6.49. The second kappa shape index (κ2) is 9.77. The summed E-state index contributed by atoms with van der Waals surface area (Å²) in [5.74, 6) is 2.08. The lowest BCUT2D eigenvalue weighted by Gasteiger charge is -2.26. The van der Waals surface area contributed by atoms with Crippen LogP contribution in [-0.4, -0.2) is 43.4 Å². The van der Waals surface area contributed by atoms with Crippen LogP contribution in [-0.2, 0) is 11.4 Å². The molecule has 2 aromatic carbocycles. The Bertz CT molecular complexity index is 1050. The van der Waals surface area contributed by atoms with Gasteiger partial charge >= 0.3 is 0 Å². The fourth-order valence-electron chi connectivity index (χ4n) is 3.95. The van der Waals surface area contributed by atoms with Gasteiger partial charge in [-0.2, -0.15) is 0 Å². The van der Waals surface area contributed by atoms with Gasteiger partial charge in [0.25, 0.3) is 0 Å². The summed E-state index contributed by atoms with van der Waals surface area (Å²) in [5.41, 5.74) is 3.13. The van der Waals surface area contributed by atoms with Crippen molar-refractivity contribution in [2.24, 2.45) is 0 Å². The van der Waals surface area contributed by atoms with E-state index < -0.39 is 0 Å². The molecule has 7 heteroatoms. The van der Waals surface area contributed by atoms with E-state index >= 15 is 0 Å². The Morgan fingerprint density at radius 1 is 1.09 bits per heavy atom. The maximum atomic E-state index is 12.9. The molecule has 4 rings (SSSR count). The quantitative estimate of drug-likeness (QED) is 0.432. The van der Waals surface area contributed by atoms with Crippen molar-refractivity contribution in [1.82, 2.24) is 19.7 Å². The van der Waals surface area contributed by atoms with Crippen LogP contribution in [0.2, 0.25) is 0 Å². The molecule has 168 valence electrons. The number of carbonyl (C=O) groups is 1. The van der Waals surface area contributed by atoms with Crippen molar-refractivity contribution in [2.75, 3.05) is 5.75 Å². The molecule has 1 heterocycles. The third kappa shape index (κ3) is 4.99. The maximum absolute atomic E-state index is 12.9. The molecule has 0 spiro atoms. The molecule has 1 aromatic heterocycles. The lowest BCUT2D eigenvalue weighted by atomic mass is 10.1. The van der Waals surface area contributed by atoms with Gasteiger partial charge in [-0.3, -0.25) is 9.36 Å². The first-order valence-corrected chi connectivity index (χ1v) is 12.1. The predicted octanol–water partition coefficient (Wildman–Crippen LogP) is 4.95. The first-order chi connectivity index (χ1) is 15.5. The SMILES string of the molecule is Cc1cccc(C)c1OCc1nnc(SCC(=O)N(C(C)C)C2CC2)n1-c1ccccc1. The molecule has 1 fully saturated rings. The zero-order valence-corrected chi connectivity index (χ0v) is 19.9. The number of aryl methyl sites for hydroxylation is 2. The van der Waals surface area contributed by atoms with Gasteiger partial charge in [0.2, 0.25) is 5.91 Å². The zero-order valence-electron chi connectivity index (χ0n) is 19.1. The number of ether oxygens (including phenoxy) is 1. The average Bonchev–Trinajstić information content (AvgIpc) is 3.51.